The number of hydrogen-bond acceptors (Lipinski definition) is 1. The molecule has 1 nitrogen and oxygen atoms in total. The van der Waals surface area contributed by atoms with E-state index >= 15 is 8.78 Å². The second-order valence-corrected chi connectivity index (χ2v) is 8.33. The normalized spacial score (nSPS) is 11.0. The zero-order valence-corrected chi connectivity index (χ0v) is 19.3. The van der Waals surface area contributed by atoms with Crippen molar-refractivity contribution in [1.82, 2.24) is 0 Å². The fraction of sp³-hybridized carbons (Fsp3) is 0.379. The highest BCUT2D eigenvalue weighted by Crippen LogP contribution is 2.36. The summed E-state index contributed by atoms with van der Waals surface area (Å²) in [6.45, 7) is 4.76. The molecule has 0 bridgehead atoms. The Bertz CT molecular complexity index is 965. The second-order valence-electron chi connectivity index (χ2n) is 8.33. The average molecular weight is 437 g/mol. The van der Waals surface area contributed by atoms with Gasteiger partial charge < -0.3 is 4.74 Å². The highest BCUT2D eigenvalue weighted by atomic mass is 19.1. The van der Waals surface area contributed by atoms with Crippen LogP contribution in [0.15, 0.2) is 60.7 Å². The van der Waals surface area contributed by atoms with Gasteiger partial charge in [-0.05, 0) is 36.0 Å². The third-order valence-electron chi connectivity index (χ3n) is 5.85. The molecule has 0 heterocycles. The van der Waals surface area contributed by atoms with Gasteiger partial charge in [-0.15, -0.1) is 0 Å². The molecule has 0 aliphatic rings. The van der Waals surface area contributed by atoms with Crippen molar-refractivity contribution in [3.05, 3.63) is 77.9 Å². The molecular formula is C29H34F2O. The van der Waals surface area contributed by atoms with Crippen LogP contribution < -0.4 is 4.74 Å². The molecule has 170 valence electrons. The molecule has 0 N–H and O–H groups in total. The largest absolute Gasteiger partial charge is 0.493 e. The van der Waals surface area contributed by atoms with Crippen molar-refractivity contribution in [2.45, 2.75) is 65.2 Å². The molecule has 0 aromatic heterocycles. The van der Waals surface area contributed by atoms with Gasteiger partial charge in [-0.1, -0.05) is 101 Å². The summed E-state index contributed by atoms with van der Waals surface area (Å²) in [5.41, 5.74) is 3.18. The molecule has 0 saturated heterocycles. The van der Waals surface area contributed by atoms with Gasteiger partial charge in [0.1, 0.15) is 17.4 Å². The maximum Gasteiger partial charge on any atom is 0.140 e. The Labute approximate surface area is 191 Å². The Kier molecular flexibility index (Phi) is 9.27. The third-order valence-corrected chi connectivity index (χ3v) is 5.85. The first-order valence-electron chi connectivity index (χ1n) is 11.9. The first-order valence-corrected chi connectivity index (χ1v) is 11.9. The molecule has 3 aromatic carbocycles. The summed E-state index contributed by atoms with van der Waals surface area (Å²) in [6, 6.07) is 18.8. The molecule has 0 unspecified atom stereocenters. The standard InChI is InChI=1S/C29H34F2O/c1-3-5-7-12-20-32-27-21-26(30)28(29(31)25(27)15-9-6-4-2)24-18-16-23(17-19-24)22-13-10-8-11-14-22/h8,10-11,13-14,16-19,21H,3-7,9,12,15,20H2,1-2H3. The Balaban J connectivity index is 1.89. The van der Waals surface area contributed by atoms with E-state index in [0.29, 0.717) is 29.9 Å². The van der Waals surface area contributed by atoms with E-state index in [1.165, 1.54) is 6.07 Å². The lowest BCUT2D eigenvalue weighted by Gasteiger charge is -2.16. The Hall–Kier alpha value is -2.68. The SMILES string of the molecule is CCCCCCOc1cc(F)c(-c2ccc(-c3ccccc3)cc2)c(F)c1CCCCC. The summed E-state index contributed by atoms with van der Waals surface area (Å²) < 4.78 is 36.6. The van der Waals surface area contributed by atoms with Gasteiger partial charge in [0, 0.05) is 11.6 Å². The van der Waals surface area contributed by atoms with Gasteiger partial charge in [-0.2, -0.15) is 0 Å². The summed E-state index contributed by atoms with van der Waals surface area (Å²) in [5.74, 6) is -0.702. The van der Waals surface area contributed by atoms with Crippen LogP contribution in [0, 0.1) is 11.6 Å². The first kappa shape index (κ1) is 24.0. The van der Waals surface area contributed by atoms with Crippen LogP contribution in [0.1, 0.15) is 64.4 Å². The molecule has 0 aliphatic carbocycles. The van der Waals surface area contributed by atoms with Crippen molar-refractivity contribution < 1.29 is 13.5 Å². The number of rotatable bonds is 12. The van der Waals surface area contributed by atoms with Crippen molar-refractivity contribution in [1.29, 1.82) is 0 Å². The molecule has 0 spiro atoms. The van der Waals surface area contributed by atoms with Crippen LogP contribution in [0.4, 0.5) is 8.78 Å². The number of halogens is 2. The fourth-order valence-corrected chi connectivity index (χ4v) is 3.99. The summed E-state index contributed by atoms with van der Waals surface area (Å²) in [6.07, 6.45) is 7.72. The van der Waals surface area contributed by atoms with Crippen molar-refractivity contribution in [2.24, 2.45) is 0 Å². The Morgan fingerprint density at radius 2 is 1.31 bits per heavy atom. The van der Waals surface area contributed by atoms with E-state index in [4.69, 9.17) is 4.74 Å². The zero-order valence-electron chi connectivity index (χ0n) is 19.3. The topological polar surface area (TPSA) is 9.23 Å². The predicted octanol–water partition coefficient (Wildman–Crippen LogP) is 8.99. The van der Waals surface area contributed by atoms with E-state index in [1.54, 1.807) is 12.1 Å². The lowest BCUT2D eigenvalue weighted by Crippen LogP contribution is -2.06. The number of unbranched alkanes of at least 4 members (excludes halogenated alkanes) is 5. The molecular weight excluding hydrogens is 402 g/mol. The highest BCUT2D eigenvalue weighted by molar-refractivity contribution is 5.72. The van der Waals surface area contributed by atoms with Crippen LogP contribution in [0.2, 0.25) is 0 Å². The number of ether oxygens (including phenoxy) is 1. The molecule has 0 atom stereocenters. The van der Waals surface area contributed by atoms with Crippen LogP contribution in [0.25, 0.3) is 22.3 Å². The van der Waals surface area contributed by atoms with E-state index in [1.807, 2.05) is 42.5 Å². The Morgan fingerprint density at radius 1 is 0.688 bits per heavy atom. The van der Waals surface area contributed by atoms with Gasteiger partial charge >= 0.3 is 0 Å². The quantitative estimate of drug-likeness (QED) is 0.257. The minimum absolute atomic E-state index is 0.0365. The highest BCUT2D eigenvalue weighted by Gasteiger charge is 2.21. The van der Waals surface area contributed by atoms with Crippen LogP contribution in [0.5, 0.6) is 5.75 Å². The first-order chi connectivity index (χ1) is 15.7. The molecule has 0 saturated carbocycles. The summed E-state index contributed by atoms with van der Waals surface area (Å²) in [4.78, 5) is 0. The molecule has 0 radical (unpaired) electrons. The van der Waals surface area contributed by atoms with Crippen molar-refractivity contribution >= 4 is 0 Å². The number of benzene rings is 3. The van der Waals surface area contributed by atoms with Gasteiger partial charge in [0.05, 0.1) is 12.2 Å². The van der Waals surface area contributed by atoms with E-state index in [2.05, 4.69) is 13.8 Å². The maximum atomic E-state index is 15.6. The van der Waals surface area contributed by atoms with E-state index in [-0.39, 0.29) is 5.56 Å². The third kappa shape index (κ3) is 6.18. The molecule has 0 amide bonds. The molecule has 0 fully saturated rings. The van der Waals surface area contributed by atoms with Crippen LogP contribution in [0.3, 0.4) is 0 Å². The van der Waals surface area contributed by atoms with Crippen LogP contribution in [-0.4, -0.2) is 6.61 Å². The average Bonchev–Trinajstić information content (AvgIpc) is 2.82. The summed E-state index contributed by atoms with van der Waals surface area (Å²) >= 11 is 0. The fourth-order valence-electron chi connectivity index (χ4n) is 3.99. The Morgan fingerprint density at radius 3 is 2.00 bits per heavy atom. The van der Waals surface area contributed by atoms with Gasteiger partial charge in [-0.25, -0.2) is 8.78 Å². The van der Waals surface area contributed by atoms with Gasteiger partial charge in [0.15, 0.2) is 0 Å². The summed E-state index contributed by atoms with van der Waals surface area (Å²) in [5, 5.41) is 0. The second kappa shape index (κ2) is 12.4. The lowest BCUT2D eigenvalue weighted by atomic mass is 9.95. The van der Waals surface area contributed by atoms with Crippen LogP contribution in [-0.2, 0) is 6.42 Å². The van der Waals surface area contributed by atoms with Gasteiger partial charge in [-0.3, -0.25) is 0 Å². The number of hydrogen-bond donors (Lipinski definition) is 0. The molecule has 32 heavy (non-hydrogen) atoms. The minimum atomic E-state index is -0.572. The van der Waals surface area contributed by atoms with Crippen molar-refractivity contribution in [3.8, 4) is 28.0 Å². The van der Waals surface area contributed by atoms with Gasteiger partial charge in [0.2, 0.25) is 0 Å². The predicted molar refractivity (Wildman–Crippen MR) is 130 cm³/mol. The van der Waals surface area contributed by atoms with Crippen LogP contribution >= 0.6 is 0 Å². The van der Waals surface area contributed by atoms with Crippen molar-refractivity contribution in [3.63, 3.8) is 0 Å². The van der Waals surface area contributed by atoms with E-state index < -0.39 is 11.6 Å². The van der Waals surface area contributed by atoms with E-state index in [9.17, 15) is 0 Å². The van der Waals surface area contributed by atoms with E-state index in [0.717, 1.165) is 56.1 Å². The summed E-state index contributed by atoms with van der Waals surface area (Å²) in [7, 11) is 0. The molecule has 0 aliphatic heterocycles. The molecule has 3 aromatic rings. The lowest BCUT2D eigenvalue weighted by molar-refractivity contribution is 0.298. The zero-order chi connectivity index (χ0) is 22.8. The van der Waals surface area contributed by atoms with Gasteiger partial charge in [0.25, 0.3) is 0 Å². The molecule has 3 heteroatoms. The minimum Gasteiger partial charge on any atom is -0.493 e. The monoisotopic (exact) mass is 436 g/mol. The molecule has 3 rings (SSSR count). The van der Waals surface area contributed by atoms with Crippen molar-refractivity contribution in [2.75, 3.05) is 6.61 Å². The maximum absolute atomic E-state index is 15.6. The smallest absolute Gasteiger partial charge is 0.140 e.